The van der Waals surface area contributed by atoms with E-state index in [1.807, 2.05) is 24.3 Å². The lowest BCUT2D eigenvalue weighted by atomic mass is 10.0. The van der Waals surface area contributed by atoms with Crippen LogP contribution in [0.3, 0.4) is 0 Å². The van der Waals surface area contributed by atoms with Crippen LogP contribution in [0.25, 0.3) is 0 Å². The Balaban J connectivity index is 1.90. The molecule has 1 N–H and O–H groups in total. The highest BCUT2D eigenvalue weighted by Gasteiger charge is 2.09. The lowest BCUT2D eigenvalue weighted by molar-refractivity contribution is -0.123. The Labute approximate surface area is 130 Å². The number of hydrazone groups is 1. The minimum absolute atomic E-state index is 0.0847. The van der Waals surface area contributed by atoms with E-state index in [1.165, 1.54) is 0 Å². The molecule has 1 heterocycles. The molecule has 0 spiro atoms. The van der Waals surface area contributed by atoms with Crippen LogP contribution in [-0.4, -0.2) is 18.2 Å². The van der Waals surface area contributed by atoms with Gasteiger partial charge < -0.3 is 9.15 Å². The maximum absolute atomic E-state index is 11.8. The van der Waals surface area contributed by atoms with Crippen LogP contribution >= 0.6 is 0 Å². The third-order valence-corrected chi connectivity index (χ3v) is 3.13. The van der Waals surface area contributed by atoms with Gasteiger partial charge >= 0.3 is 0 Å². The van der Waals surface area contributed by atoms with Crippen molar-refractivity contribution in [2.75, 3.05) is 6.61 Å². The lowest BCUT2D eigenvalue weighted by Crippen LogP contribution is -2.25. The monoisotopic (exact) mass is 300 g/mol. The molecule has 5 heteroatoms. The number of benzene rings is 1. The Morgan fingerprint density at radius 2 is 2.05 bits per heavy atom. The maximum atomic E-state index is 11.8. The summed E-state index contributed by atoms with van der Waals surface area (Å²) < 4.78 is 10.8. The van der Waals surface area contributed by atoms with Crippen molar-refractivity contribution in [2.24, 2.45) is 5.10 Å². The molecule has 1 aromatic heterocycles. The van der Waals surface area contributed by atoms with Gasteiger partial charge in [0.15, 0.2) is 6.61 Å². The molecule has 0 unspecified atom stereocenters. The van der Waals surface area contributed by atoms with Crippen LogP contribution in [0.5, 0.6) is 5.75 Å². The fourth-order valence-corrected chi connectivity index (χ4v) is 1.95. The second kappa shape index (κ2) is 7.45. The van der Waals surface area contributed by atoms with Gasteiger partial charge in [-0.05, 0) is 36.6 Å². The standard InChI is InChI=1S/C17H20N2O3/c1-12(2)14-7-4-5-8-16(14)22-11-17(20)19-18-13(3)15-9-6-10-21-15/h4-10,12H,11H2,1-3H3,(H,19,20)/b18-13+. The molecule has 2 rings (SSSR count). The van der Waals surface area contributed by atoms with Gasteiger partial charge in [0.2, 0.25) is 0 Å². The summed E-state index contributed by atoms with van der Waals surface area (Å²) in [6.07, 6.45) is 1.56. The molecule has 0 bridgehead atoms. The Morgan fingerprint density at radius 1 is 1.27 bits per heavy atom. The van der Waals surface area contributed by atoms with Crippen LogP contribution in [0.15, 0.2) is 52.2 Å². The maximum Gasteiger partial charge on any atom is 0.277 e. The number of hydrogen-bond acceptors (Lipinski definition) is 4. The first-order valence-corrected chi connectivity index (χ1v) is 7.16. The van der Waals surface area contributed by atoms with Crippen LogP contribution in [0.4, 0.5) is 0 Å². The lowest BCUT2D eigenvalue weighted by Gasteiger charge is -2.13. The number of para-hydroxylation sites is 1. The van der Waals surface area contributed by atoms with Crippen molar-refractivity contribution in [3.8, 4) is 5.75 Å². The van der Waals surface area contributed by atoms with Gasteiger partial charge in [0.1, 0.15) is 17.2 Å². The van der Waals surface area contributed by atoms with Gasteiger partial charge in [-0.1, -0.05) is 32.0 Å². The Hall–Kier alpha value is -2.56. The highest BCUT2D eigenvalue weighted by molar-refractivity contribution is 5.96. The van der Waals surface area contributed by atoms with Crippen LogP contribution in [0, 0.1) is 0 Å². The summed E-state index contributed by atoms with van der Waals surface area (Å²) >= 11 is 0. The topological polar surface area (TPSA) is 63.8 Å². The first kappa shape index (κ1) is 15.8. The van der Waals surface area contributed by atoms with Crippen molar-refractivity contribution in [3.05, 3.63) is 54.0 Å². The molecule has 22 heavy (non-hydrogen) atoms. The summed E-state index contributed by atoms with van der Waals surface area (Å²) in [7, 11) is 0. The Bertz CT molecular complexity index is 646. The van der Waals surface area contributed by atoms with Gasteiger partial charge in [-0.2, -0.15) is 5.10 Å². The number of nitrogens with zero attached hydrogens (tertiary/aromatic N) is 1. The second-order valence-electron chi connectivity index (χ2n) is 5.19. The zero-order valence-corrected chi connectivity index (χ0v) is 13.0. The van der Waals surface area contributed by atoms with E-state index in [0.717, 1.165) is 11.3 Å². The average molecular weight is 300 g/mol. The van der Waals surface area contributed by atoms with Crippen molar-refractivity contribution in [1.29, 1.82) is 0 Å². The molecule has 0 aliphatic rings. The summed E-state index contributed by atoms with van der Waals surface area (Å²) in [5, 5.41) is 3.98. The number of furan rings is 1. The van der Waals surface area contributed by atoms with Crippen molar-refractivity contribution in [1.82, 2.24) is 5.43 Å². The minimum atomic E-state index is -0.315. The van der Waals surface area contributed by atoms with Crippen LogP contribution < -0.4 is 10.2 Å². The first-order valence-electron chi connectivity index (χ1n) is 7.16. The average Bonchev–Trinajstić information content (AvgIpc) is 3.05. The number of carbonyl (C=O) groups excluding carboxylic acids is 1. The highest BCUT2D eigenvalue weighted by Crippen LogP contribution is 2.25. The molecule has 1 aromatic carbocycles. The van der Waals surface area contributed by atoms with Crippen LogP contribution in [-0.2, 0) is 4.79 Å². The summed E-state index contributed by atoms with van der Waals surface area (Å²) in [6.45, 7) is 5.84. The first-order chi connectivity index (χ1) is 10.6. The van der Waals surface area contributed by atoms with Gasteiger partial charge in [-0.25, -0.2) is 5.43 Å². The zero-order valence-electron chi connectivity index (χ0n) is 13.0. The second-order valence-corrected chi connectivity index (χ2v) is 5.19. The van der Waals surface area contributed by atoms with E-state index in [9.17, 15) is 4.79 Å². The van der Waals surface area contributed by atoms with E-state index in [4.69, 9.17) is 9.15 Å². The van der Waals surface area contributed by atoms with E-state index in [1.54, 1.807) is 25.3 Å². The molecule has 5 nitrogen and oxygen atoms in total. The molecule has 0 radical (unpaired) electrons. The van der Waals surface area contributed by atoms with E-state index < -0.39 is 0 Å². The molecule has 0 aliphatic carbocycles. The van der Waals surface area contributed by atoms with Gasteiger partial charge in [0.25, 0.3) is 5.91 Å². The number of ether oxygens (including phenoxy) is 1. The molecule has 0 fully saturated rings. The molecule has 0 saturated carbocycles. The molecule has 2 aromatic rings. The SMILES string of the molecule is C/C(=N\NC(=O)COc1ccccc1C(C)C)c1ccco1. The number of amides is 1. The summed E-state index contributed by atoms with van der Waals surface area (Å²) in [5.74, 6) is 1.36. The molecular weight excluding hydrogens is 280 g/mol. The Kier molecular flexibility index (Phi) is 5.36. The summed E-state index contributed by atoms with van der Waals surface area (Å²) in [5.41, 5.74) is 4.13. The van der Waals surface area contributed by atoms with E-state index >= 15 is 0 Å². The number of carbonyl (C=O) groups is 1. The van der Waals surface area contributed by atoms with Crippen molar-refractivity contribution >= 4 is 11.6 Å². The Morgan fingerprint density at radius 3 is 2.73 bits per heavy atom. The molecule has 0 aliphatic heterocycles. The quantitative estimate of drug-likeness (QED) is 0.657. The molecule has 0 saturated heterocycles. The molecular formula is C17H20N2O3. The van der Waals surface area contributed by atoms with Crippen LogP contribution in [0.2, 0.25) is 0 Å². The fraction of sp³-hybridized carbons (Fsp3) is 0.294. The van der Waals surface area contributed by atoms with Gasteiger partial charge in [0, 0.05) is 0 Å². The fourth-order valence-electron chi connectivity index (χ4n) is 1.95. The number of nitrogens with one attached hydrogen (secondary N) is 1. The summed E-state index contributed by atoms with van der Waals surface area (Å²) in [6, 6.07) is 11.2. The van der Waals surface area contributed by atoms with Gasteiger partial charge in [-0.3, -0.25) is 4.79 Å². The predicted molar refractivity (Wildman–Crippen MR) is 85.1 cm³/mol. The number of rotatable bonds is 6. The van der Waals surface area contributed by atoms with Crippen LogP contribution in [0.1, 0.15) is 38.0 Å². The molecule has 1 amide bonds. The normalized spacial score (nSPS) is 11.5. The van der Waals surface area contributed by atoms with E-state index in [0.29, 0.717) is 17.4 Å². The van der Waals surface area contributed by atoms with Gasteiger partial charge in [0.05, 0.1) is 6.26 Å². The number of hydrogen-bond donors (Lipinski definition) is 1. The largest absolute Gasteiger partial charge is 0.483 e. The predicted octanol–water partition coefficient (Wildman–Crippen LogP) is 3.32. The van der Waals surface area contributed by atoms with E-state index in [2.05, 4.69) is 24.4 Å². The van der Waals surface area contributed by atoms with Crippen molar-refractivity contribution < 1.29 is 13.9 Å². The minimum Gasteiger partial charge on any atom is -0.483 e. The highest BCUT2D eigenvalue weighted by atomic mass is 16.5. The third kappa shape index (κ3) is 4.22. The van der Waals surface area contributed by atoms with E-state index in [-0.39, 0.29) is 12.5 Å². The smallest absolute Gasteiger partial charge is 0.277 e. The van der Waals surface area contributed by atoms with Crippen molar-refractivity contribution in [3.63, 3.8) is 0 Å². The zero-order chi connectivity index (χ0) is 15.9. The molecule has 0 atom stereocenters. The summed E-state index contributed by atoms with van der Waals surface area (Å²) in [4.78, 5) is 11.8. The van der Waals surface area contributed by atoms with Crippen molar-refractivity contribution in [2.45, 2.75) is 26.7 Å². The molecule has 116 valence electrons. The third-order valence-electron chi connectivity index (χ3n) is 3.13. The van der Waals surface area contributed by atoms with Gasteiger partial charge in [-0.15, -0.1) is 0 Å².